The number of hydrogen-bond donors (Lipinski definition) is 1. The lowest BCUT2D eigenvalue weighted by Crippen LogP contribution is -2.27. The first-order valence-electron chi connectivity index (χ1n) is 6.86. The molecule has 108 valence electrons. The van der Waals surface area contributed by atoms with E-state index in [0.29, 0.717) is 17.2 Å². The highest BCUT2D eigenvalue weighted by atomic mass is 32.1. The molecule has 0 radical (unpaired) electrons. The SMILES string of the molecule is COC(=O)c1c(NC(=O)[C@H]2CCCO2)sc2c1CCC2. The fourth-order valence-electron chi connectivity index (χ4n) is 2.79. The molecule has 20 heavy (non-hydrogen) atoms. The summed E-state index contributed by atoms with van der Waals surface area (Å²) in [5, 5.41) is 3.46. The molecule has 6 heteroatoms. The summed E-state index contributed by atoms with van der Waals surface area (Å²) >= 11 is 1.49. The molecule has 1 aromatic rings. The molecule has 1 saturated heterocycles. The fraction of sp³-hybridized carbons (Fsp3) is 0.571. The first-order valence-corrected chi connectivity index (χ1v) is 7.67. The van der Waals surface area contributed by atoms with Gasteiger partial charge in [-0.1, -0.05) is 0 Å². The number of nitrogens with one attached hydrogen (secondary N) is 1. The number of thiophene rings is 1. The van der Waals surface area contributed by atoms with Crippen LogP contribution in [0.15, 0.2) is 0 Å². The molecule has 0 saturated carbocycles. The number of rotatable bonds is 3. The molecule has 2 heterocycles. The predicted octanol–water partition coefficient (Wildman–Crippen LogP) is 2.14. The van der Waals surface area contributed by atoms with Crippen LogP contribution in [0.4, 0.5) is 5.00 Å². The van der Waals surface area contributed by atoms with Gasteiger partial charge in [-0.05, 0) is 37.7 Å². The van der Waals surface area contributed by atoms with E-state index in [2.05, 4.69) is 5.32 Å². The average Bonchev–Trinajstić information content (AvgIpc) is 3.13. The van der Waals surface area contributed by atoms with E-state index >= 15 is 0 Å². The predicted molar refractivity (Wildman–Crippen MR) is 75.3 cm³/mol. The number of aryl methyl sites for hydroxylation is 1. The van der Waals surface area contributed by atoms with Crippen molar-refractivity contribution >= 4 is 28.2 Å². The number of fused-ring (bicyclic) bond motifs is 1. The molecule has 1 N–H and O–H groups in total. The molecule has 1 aromatic heterocycles. The van der Waals surface area contributed by atoms with E-state index in [1.807, 2.05) is 0 Å². The first-order chi connectivity index (χ1) is 9.70. The number of esters is 1. The van der Waals surface area contributed by atoms with Gasteiger partial charge in [0.1, 0.15) is 11.1 Å². The van der Waals surface area contributed by atoms with Crippen molar-refractivity contribution in [2.75, 3.05) is 19.0 Å². The zero-order valence-electron chi connectivity index (χ0n) is 11.4. The minimum atomic E-state index is -0.391. The summed E-state index contributed by atoms with van der Waals surface area (Å²) in [6.07, 6.45) is 4.17. The molecular weight excluding hydrogens is 278 g/mol. The van der Waals surface area contributed by atoms with Crippen LogP contribution in [-0.2, 0) is 27.1 Å². The van der Waals surface area contributed by atoms with Crippen molar-refractivity contribution < 1.29 is 19.1 Å². The van der Waals surface area contributed by atoms with E-state index in [0.717, 1.165) is 37.7 Å². The highest BCUT2D eigenvalue weighted by Crippen LogP contribution is 2.39. The number of amides is 1. The van der Waals surface area contributed by atoms with Gasteiger partial charge in [0.15, 0.2) is 0 Å². The lowest BCUT2D eigenvalue weighted by Gasteiger charge is -2.10. The van der Waals surface area contributed by atoms with E-state index in [1.54, 1.807) is 0 Å². The second-order valence-electron chi connectivity index (χ2n) is 5.04. The summed E-state index contributed by atoms with van der Waals surface area (Å²) < 4.78 is 10.2. The normalized spacial score (nSPS) is 20.8. The number of anilines is 1. The second-order valence-corrected chi connectivity index (χ2v) is 6.15. The minimum Gasteiger partial charge on any atom is -0.465 e. The quantitative estimate of drug-likeness (QED) is 0.868. The van der Waals surface area contributed by atoms with Crippen LogP contribution in [0, 0.1) is 0 Å². The van der Waals surface area contributed by atoms with Crippen molar-refractivity contribution in [3.63, 3.8) is 0 Å². The molecule has 0 unspecified atom stereocenters. The van der Waals surface area contributed by atoms with Crippen LogP contribution >= 0.6 is 11.3 Å². The molecule has 3 rings (SSSR count). The number of carbonyl (C=O) groups is 2. The van der Waals surface area contributed by atoms with Gasteiger partial charge in [0.05, 0.1) is 12.7 Å². The van der Waals surface area contributed by atoms with Crippen molar-refractivity contribution in [3.8, 4) is 0 Å². The van der Waals surface area contributed by atoms with Crippen molar-refractivity contribution in [3.05, 3.63) is 16.0 Å². The molecule has 1 atom stereocenters. The maximum Gasteiger partial charge on any atom is 0.341 e. The third-order valence-corrected chi connectivity index (χ3v) is 4.98. The number of hydrogen-bond acceptors (Lipinski definition) is 5. The Kier molecular flexibility index (Phi) is 3.76. The van der Waals surface area contributed by atoms with Gasteiger partial charge in [-0.25, -0.2) is 4.79 Å². The number of carbonyl (C=O) groups excluding carboxylic acids is 2. The largest absolute Gasteiger partial charge is 0.465 e. The topological polar surface area (TPSA) is 64.6 Å². The van der Waals surface area contributed by atoms with Crippen molar-refractivity contribution in [2.24, 2.45) is 0 Å². The molecule has 0 aromatic carbocycles. The van der Waals surface area contributed by atoms with E-state index in [-0.39, 0.29) is 11.9 Å². The molecule has 0 spiro atoms. The lowest BCUT2D eigenvalue weighted by atomic mass is 10.1. The molecule has 1 amide bonds. The summed E-state index contributed by atoms with van der Waals surface area (Å²) in [6.45, 7) is 0.628. The van der Waals surface area contributed by atoms with Gasteiger partial charge in [0.25, 0.3) is 5.91 Å². The lowest BCUT2D eigenvalue weighted by molar-refractivity contribution is -0.124. The Bertz CT molecular complexity index is 546. The monoisotopic (exact) mass is 295 g/mol. The highest BCUT2D eigenvalue weighted by Gasteiger charge is 2.30. The second kappa shape index (κ2) is 5.54. The third-order valence-electron chi connectivity index (χ3n) is 3.77. The van der Waals surface area contributed by atoms with Gasteiger partial charge in [-0.3, -0.25) is 4.79 Å². The highest BCUT2D eigenvalue weighted by molar-refractivity contribution is 7.17. The zero-order chi connectivity index (χ0) is 14.1. The Morgan fingerprint density at radius 2 is 2.20 bits per heavy atom. The molecular formula is C14H17NO4S. The van der Waals surface area contributed by atoms with Crippen LogP contribution in [0.1, 0.15) is 40.1 Å². The Labute approximate surface area is 121 Å². The Morgan fingerprint density at radius 3 is 2.90 bits per heavy atom. The van der Waals surface area contributed by atoms with Crippen LogP contribution < -0.4 is 5.32 Å². The summed E-state index contributed by atoms with van der Waals surface area (Å²) in [7, 11) is 1.37. The molecule has 1 aliphatic heterocycles. The maximum atomic E-state index is 12.1. The first kappa shape index (κ1) is 13.6. The molecule has 1 aliphatic carbocycles. The van der Waals surface area contributed by atoms with E-state index in [4.69, 9.17) is 9.47 Å². The van der Waals surface area contributed by atoms with E-state index < -0.39 is 6.10 Å². The summed E-state index contributed by atoms with van der Waals surface area (Å²) in [5.74, 6) is -0.528. The van der Waals surface area contributed by atoms with Gasteiger partial charge < -0.3 is 14.8 Å². The Morgan fingerprint density at radius 1 is 1.35 bits per heavy atom. The number of methoxy groups -OCH3 is 1. The minimum absolute atomic E-state index is 0.160. The molecule has 2 aliphatic rings. The summed E-state index contributed by atoms with van der Waals surface area (Å²) in [5.41, 5.74) is 1.58. The zero-order valence-corrected chi connectivity index (χ0v) is 12.2. The molecule has 1 fully saturated rings. The maximum absolute atomic E-state index is 12.1. The standard InChI is InChI=1S/C14H17NO4S/c1-18-14(17)11-8-4-2-6-10(8)20-13(11)15-12(16)9-5-3-7-19-9/h9H,2-7H2,1H3,(H,15,16)/t9-/m1/s1. The van der Waals surface area contributed by atoms with Crippen molar-refractivity contribution in [2.45, 2.75) is 38.2 Å². The van der Waals surface area contributed by atoms with Crippen LogP contribution in [0.2, 0.25) is 0 Å². The number of ether oxygens (including phenoxy) is 2. The van der Waals surface area contributed by atoms with E-state index in [1.165, 1.54) is 23.3 Å². The van der Waals surface area contributed by atoms with Gasteiger partial charge in [0.2, 0.25) is 0 Å². The summed E-state index contributed by atoms with van der Waals surface area (Å²) in [6, 6.07) is 0. The van der Waals surface area contributed by atoms with Gasteiger partial charge in [0, 0.05) is 11.5 Å². The van der Waals surface area contributed by atoms with Gasteiger partial charge in [-0.2, -0.15) is 0 Å². The van der Waals surface area contributed by atoms with Crippen LogP contribution in [0.3, 0.4) is 0 Å². The van der Waals surface area contributed by atoms with Crippen LogP contribution in [0.25, 0.3) is 0 Å². The van der Waals surface area contributed by atoms with Crippen LogP contribution in [0.5, 0.6) is 0 Å². The summed E-state index contributed by atoms with van der Waals surface area (Å²) in [4.78, 5) is 25.3. The molecule has 0 bridgehead atoms. The molecule has 5 nitrogen and oxygen atoms in total. The van der Waals surface area contributed by atoms with Crippen molar-refractivity contribution in [1.29, 1.82) is 0 Å². The Hall–Kier alpha value is -1.40. The van der Waals surface area contributed by atoms with Crippen molar-refractivity contribution in [1.82, 2.24) is 0 Å². The van der Waals surface area contributed by atoms with E-state index in [9.17, 15) is 9.59 Å². The van der Waals surface area contributed by atoms with Gasteiger partial charge >= 0.3 is 5.97 Å². The average molecular weight is 295 g/mol. The fourth-order valence-corrected chi connectivity index (χ4v) is 4.07. The third kappa shape index (κ3) is 2.33. The Balaban J connectivity index is 1.85. The van der Waals surface area contributed by atoms with Gasteiger partial charge in [-0.15, -0.1) is 11.3 Å². The smallest absolute Gasteiger partial charge is 0.341 e. The van der Waals surface area contributed by atoms with Crippen LogP contribution in [-0.4, -0.2) is 31.7 Å².